The van der Waals surface area contributed by atoms with Crippen molar-refractivity contribution in [2.45, 2.75) is 26.3 Å². The van der Waals surface area contributed by atoms with Gasteiger partial charge in [-0.3, -0.25) is 0 Å². The Morgan fingerprint density at radius 3 is 2.50 bits per heavy atom. The van der Waals surface area contributed by atoms with E-state index in [1.54, 1.807) is 4.68 Å². The highest BCUT2D eigenvalue weighted by atomic mass is 15.3. The van der Waals surface area contributed by atoms with Gasteiger partial charge >= 0.3 is 0 Å². The van der Waals surface area contributed by atoms with Gasteiger partial charge in [0.15, 0.2) is 0 Å². The average molecular weight is 240 g/mol. The van der Waals surface area contributed by atoms with Crippen LogP contribution in [0, 0.1) is 11.3 Å². The highest BCUT2D eigenvalue weighted by Crippen LogP contribution is 2.23. The zero-order valence-corrected chi connectivity index (χ0v) is 10.6. The molecule has 0 saturated heterocycles. The molecule has 4 nitrogen and oxygen atoms in total. The molecule has 1 heterocycles. The Kier molecular flexibility index (Phi) is 3.33. The SMILES string of the molecule is CC(C)c1nn(Cc2ccccc2)c(N)c1C#N. The fourth-order valence-electron chi connectivity index (χ4n) is 1.89. The number of nitrogens with zero attached hydrogens (tertiary/aromatic N) is 3. The zero-order valence-electron chi connectivity index (χ0n) is 10.6. The van der Waals surface area contributed by atoms with Crippen molar-refractivity contribution in [2.75, 3.05) is 5.73 Å². The van der Waals surface area contributed by atoms with Gasteiger partial charge in [0.25, 0.3) is 0 Å². The van der Waals surface area contributed by atoms with E-state index in [4.69, 9.17) is 11.0 Å². The van der Waals surface area contributed by atoms with E-state index in [1.807, 2.05) is 44.2 Å². The first-order valence-electron chi connectivity index (χ1n) is 5.93. The maximum atomic E-state index is 9.14. The van der Waals surface area contributed by atoms with Crippen molar-refractivity contribution in [3.63, 3.8) is 0 Å². The predicted molar refractivity (Wildman–Crippen MR) is 71.0 cm³/mol. The lowest BCUT2D eigenvalue weighted by atomic mass is 10.1. The zero-order chi connectivity index (χ0) is 13.1. The lowest BCUT2D eigenvalue weighted by Gasteiger charge is -2.03. The van der Waals surface area contributed by atoms with Gasteiger partial charge < -0.3 is 5.73 Å². The summed E-state index contributed by atoms with van der Waals surface area (Å²) in [7, 11) is 0. The molecule has 2 aromatic rings. The summed E-state index contributed by atoms with van der Waals surface area (Å²) >= 11 is 0. The predicted octanol–water partition coefficient (Wildman–Crippen LogP) is 2.51. The largest absolute Gasteiger partial charge is 0.383 e. The summed E-state index contributed by atoms with van der Waals surface area (Å²) < 4.78 is 1.70. The molecule has 92 valence electrons. The molecule has 0 aliphatic rings. The first kappa shape index (κ1) is 12.2. The van der Waals surface area contributed by atoms with Crippen LogP contribution in [0.5, 0.6) is 0 Å². The van der Waals surface area contributed by atoms with E-state index < -0.39 is 0 Å². The van der Waals surface area contributed by atoms with Crippen molar-refractivity contribution >= 4 is 5.82 Å². The third kappa shape index (κ3) is 2.21. The highest BCUT2D eigenvalue weighted by molar-refractivity contribution is 5.53. The van der Waals surface area contributed by atoms with Gasteiger partial charge in [0, 0.05) is 0 Å². The average Bonchev–Trinajstić information content (AvgIpc) is 2.68. The lowest BCUT2D eigenvalue weighted by Crippen LogP contribution is -2.06. The van der Waals surface area contributed by atoms with Crippen molar-refractivity contribution in [2.24, 2.45) is 0 Å². The molecule has 1 aromatic carbocycles. The van der Waals surface area contributed by atoms with Crippen LogP contribution in [0.3, 0.4) is 0 Å². The molecule has 0 atom stereocenters. The standard InChI is InChI=1S/C14H16N4/c1-10(2)13-12(8-15)14(16)18(17-13)9-11-6-4-3-5-7-11/h3-7,10H,9,16H2,1-2H3. The summed E-state index contributed by atoms with van der Waals surface area (Å²) in [5, 5.41) is 13.6. The van der Waals surface area contributed by atoms with Crippen LogP contribution in [0.2, 0.25) is 0 Å². The van der Waals surface area contributed by atoms with Gasteiger partial charge in [0.05, 0.1) is 12.2 Å². The van der Waals surface area contributed by atoms with Crippen molar-refractivity contribution in [3.05, 3.63) is 47.2 Å². The van der Waals surface area contributed by atoms with Crippen LogP contribution in [-0.4, -0.2) is 9.78 Å². The van der Waals surface area contributed by atoms with E-state index >= 15 is 0 Å². The molecule has 0 amide bonds. The van der Waals surface area contributed by atoms with Crippen molar-refractivity contribution in [3.8, 4) is 6.07 Å². The Balaban J connectivity index is 2.38. The van der Waals surface area contributed by atoms with Gasteiger partial charge in [-0.05, 0) is 11.5 Å². The molecule has 0 spiro atoms. The van der Waals surface area contributed by atoms with E-state index in [9.17, 15) is 0 Å². The molecule has 0 aliphatic heterocycles. The number of hydrogen-bond donors (Lipinski definition) is 1. The monoisotopic (exact) mass is 240 g/mol. The Morgan fingerprint density at radius 2 is 2.00 bits per heavy atom. The topological polar surface area (TPSA) is 67.6 Å². The van der Waals surface area contributed by atoms with Crippen molar-refractivity contribution in [1.82, 2.24) is 9.78 Å². The molecule has 0 bridgehead atoms. The van der Waals surface area contributed by atoms with E-state index in [1.165, 1.54) is 0 Å². The first-order chi connectivity index (χ1) is 8.63. The van der Waals surface area contributed by atoms with Gasteiger partial charge in [-0.2, -0.15) is 10.4 Å². The molecular weight excluding hydrogens is 224 g/mol. The van der Waals surface area contributed by atoms with Crippen LogP contribution < -0.4 is 5.73 Å². The molecule has 1 aromatic heterocycles. The second-order valence-electron chi connectivity index (χ2n) is 4.56. The Hall–Kier alpha value is -2.28. The molecule has 0 fully saturated rings. The smallest absolute Gasteiger partial charge is 0.140 e. The van der Waals surface area contributed by atoms with Gasteiger partial charge in [0.1, 0.15) is 17.5 Å². The molecule has 2 N–H and O–H groups in total. The number of anilines is 1. The molecule has 0 radical (unpaired) electrons. The molecule has 0 saturated carbocycles. The summed E-state index contributed by atoms with van der Waals surface area (Å²) in [4.78, 5) is 0. The molecule has 18 heavy (non-hydrogen) atoms. The fourth-order valence-corrected chi connectivity index (χ4v) is 1.89. The number of benzene rings is 1. The van der Waals surface area contributed by atoms with E-state index in [2.05, 4.69) is 11.2 Å². The number of nitrogens with two attached hydrogens (primary N) is 1. The molecule has 2 rings (SSSR count). The number of nitrogen functional groups attached to an aromatic ring is 1. The number of rotatable bonds is 3. The van der Waals surface area contributed by atoms with E-state index in [0.29, 0.717) is 17.9 Å². The molecular formula is C14H16N4. The van der Waals surface area contributed by atoms with Crippen molar-refractivity contribution in [1.29, 1.82) is 5.26 Å². The summed E-state index contributed by atoms with van der Waals surface area (Å²) in [5.74, 6) is 0.643. The summed E-state index contributed by atoms with van der Waals surface area (Å²) in [6, 6.07) is 12.1. The Morgan fingerprint density at radius 1 is 1.33 bits per heavy atom. The van der Waals surface area contributed by atoms with Gasteiger partial charge in [-0.25, -0.2) is 4.68 Å². The summed E-state index contributed by atoms with van der Waals surface area (Å²) in [5.41, 5.74) is 8.37. The third-order valence-electron chi connectivity index (χ3n) is 2.85. The second kappa shape index (κ2) is 4.92. The van der Waals surface area contributed by atoms with Crippen LogP contribution in [-0.2, 0) is 6.54 Å². The van der Waals surface area contributed by atoms with Gasteiger partial charge in [-0.15, -0.1) is 0 Å². The maximum absolute atomic E-state index is 9.14. The third-order valence-corrected chi connectivity index (χ3v) is 2.85. The van der Waals surface area contributed by atoms with Crippen LogP contribution in [0.15, 0.2) is 30.3 Å². The molecule has 4 heteroatoms. The van der Waals surface area contributed by atoms with Crippen LogP contribution >= 0.6 is 0 Å². The quantitative estimate of drug-likeness (QED) is 0.896. The van der Waals surface area contributed by atoms with Crippen LogP contribution in [0.4, 0.5) is 5.82 Å². The van der Waals surface area contributed by atoms with Crippen LogP contribution in [0.1, 0.15) is 36.6 Å². The number of hydrogen-bond acceptors (Lipinski definition) is 3. The molecule has 0 unspecified atom stereocenters. The highest BCUT2D eigenvalue weighted by Gasteiger charge is 2.17. The minimum atomic E-state index is 0.193. The lowest BCUT2D eigenvalue weighted by molar-refractivity contribution is 0.664. The summed E-state index contributed by atoms with van der Waals surface area (Å²) in [6.07, 6.45) is 0. The van der Waals surface area contributed by atoms with Gasteiger partial charge in [-0.1, -0.05) is 44.2 Å². The Labute approximate surface area is 107 Å². The molecule has 0 aliphatic carbocycles. The fraction of sp³-hybridized carbons (Fsp3) is 0.286. The minimum absolute atomic E-state index is 0.193. The summed E-state index contributed by atoms with van der Waals surface area (Å²) in [6.45, 7) is 4.61. The Bertz CT molecular complexity index is 576. The normalized spacial score (nSPS) is 10.6. The van der Waals surface area contributed by atoms with E-state index in [-0.39, 0.29) is 5.92 Å². The second-order valence-corrected chi connectivity index (χ2v) is 4.56. The van der Waals surface area contributed by atoms with Crippen LogP contribution in [0.25, 0.3) is 0 Å². The minimum Gasteiger partial charge on any atom is -0.383 e. The maximum Gasteiger partial charge on any atom is 0.140 e. The number of nitriles is 1. The van der Waals surface area contributed by atoms with E-state index in [0.717, 1.165) is 11.3 Å². The first-order valence-corrected chi connectivity index (χ1v) is 5.93. The van der Waals surface area contributed by atoms with Gasteiger partial charge in [0.2, 0.25) is 0 Å². The number of aromatic nitrogens is 2. The van der Waals surface area contributed by atoms with Crippen molar-refractivity contribution < 1.29 is 0 Å².